The van der Waals surface area contributed by atoms with Crippen molar-refractivity contribution in [1.29, 1.82) is 0 Å². The van der Waals surface area contributed by atoms with E-state index in [4.69, 9.17) is 23.2 Å². The first-order valence-electron chi connectivity index (χ1n) is 9.15. The predicted octanol–water partition coefficient (Wildman–Crippen LogP) is 4.45. The van der Waals surface area contributed by atoms with Crippen molar-refractivity contribution in [3.8, 4) is 5.69 Å². The largest absolute Gasteiger partial charge is 0.368 e. The lowest BCUT2D eigenvalue weighted by atomic mass is 10.2. The summed E-state index contributed by atoms with van der Waals surface area (Å²) in [6.07, 6.45) is 0. The van der Waals surface area contributed by atoms with Crippen molar-refractivity contribution in [2.24, 2.45) is 0 Å². The zero-order valence-electron chi connectivity index (χ0n) is 15.5. The number of hydrogen-bond donors (Lipinski definition) is 0. The number of halogens is 2. The van der Waals surface area contributed by atoms with E-state index in [9.17, 15) is 4.79 Å². The molecule has 0 bridgehead atoms. The van der Waals surface area contributed by atoms with Gasteiger partial charge in [0.05, 0.1) is 16.9 Å². The van der Waals surface area contributed by atoms with E-state index in [0.717, 1.165) is 24.5 Å². The molecule has 2 aromatic carbocycles. The molecule has 144 valence electrons. The summed E-state index contributed by atoms with van der Waals surface area (Å²) in [5.74, 6) is -0.0737. The molecule has 0 saturated carbocycles. The van der Waals surface area contributed by atoms with Gasteiger partial charge in [-0.15, -0.1) is 0 Å². The second-order valence-corrected chi connectivity index (χ2v) is 7.55. The number of aromatic nitrogens is 2. The Bertz CT molecular complexity index is 995. The number of rotatable bonds is 3. The Kier molecular flexibility index (Phi) is 5.29. The van der Waals surface area contributed by atoms with Crippen LogP contribution in [-0.2, 0) is 0 Å². The van der Waals surface area contributed by atoms with Crippen molar-refractivity contribution in [2.45, 2.75) is 6.92 Å². The first-order valence-corrected chi connectivity index (χ1v) is 9.90. The highest BCUT2D eigenvalue weighted by Gasteiger charge is 2.28. The van der Waals surface area contributed by atoms with Crippen molar-refractivity contribution in [3.63, 3.8) is 0 Å². The van der Waals surface area contributed by atoms with Gasteiger partial charge >= 0.3 is 0 Å². The van der Waals surface area contributed by atoms with Gasteiger partial charge in [-0.25, -0.2) is 4.68 Å². The second-order valence-electron chi connectivity index (χ2n) is 6.76. The number of anilines is 1. The van der Waals surface area contributed by atoms with Crippen LogP contribution in [0.5, 0.6) is 0 Å². The van der Waals surface area contributed by atoms with Gasteiger partial charge in [-0.05, 0) is 37.3 Å². The van der Waals surface area contributed by atoms with E-state index in [1.54, 1.807) is 4.68 Å². The number of aryl methyl sites for hydroxylation is 1. The average Bonchev–Trinajstić information content (AvgIpc) is 3.02. The standard InChI is InChI=1S/C21H20Cl2N4O/c1-15-19(20(23)27(24-15)17-7-3-2-4-8-17)21(28)26-12-10-25(11-13-26)18-9-5-6-16(22)14-18/h2-9,14H,10-13H2,1H3. The van der Waals surface area contributed by atoms with Crippen molar-refractivity contribution < 1.29 is 4.79 Å². The first-order chi connectivity index (χ1) is 13.5. The van der Waals surface area contributed by atoms with E-state index in [1.807, 2.05) is 66.4 Å². The van der Waals surface area contributed by atoms with Gasteiger partial charge in [-0.3, -0.25) is 4.79 Å². The fraction of sp³-hybridized carbons (Fsp3) is 0.238. The molecule has 0 aliphatic carbocycles. The van der Waals surface area contributed by atoms with Crippen LogP contribution in [0.15, 0.2) is 54.6 Å². The fourth-order valence-corrected chi connectivity index (χ4v) is 4.02. The summed E-state index contributed by atoms with van der Waals surface area (Å²) >= 11 is 12.6. The molecule has 1 saturated heterocycles. The van der Waals surface area contributed by atoms with Crippen molar-refractivity contribution in [3.05, 3.63) is 76.0 Å². The Labute approximate surface area is 174 Å². The van der Waals surface area contributed by atoms with Crippen LogP contribution in [0.4, 0.5) is 5.69 Å². The Balaban J connectivity index is 1.51. The van der Waals surface area contributed by atoms with Crippen LogP contribution in [0.25, 0.3) is 5.69 Å². The molecule has 1 aliphatic heterocycles. The maximum atomic E-state index is 13.1. The van der Waals surface area contributed by atoms with Gasteiger partial charge in [-0.2, -0.15) is 5.10 Å². The Morgan fingerprint density at radius 3 is 2.29 bits per heavy atom. The highest BCUT2D eigenvalue weighted by molar-refractivity contribution is 6.33. The summed E-state index contributed by atoms with van der Waals surface area (Å²) in [6.45, 7) is 4.56. The number of para-hydroxylation sites is 1. The van der Waals surface area contributed by atoms with E-state index < -0.39 is 0 Å². The van der Waals surface area contributed by atoms with Crippen LogP contribution < -0.4 is 4.90 Å². The Morgan fingerprint density at radius 1 is 0.929 bits per heavy atom. The molecular weight excluding hydrogens is 395 g/mol. The van der Waals surface area contributed by atoms with Crippen LogP contribution in [0, 0.1) is 6.92 Å². The van der Waals surface area contributed by atoms with Crippen LogP contribution in [-0.4, -0.2) is 46.8 Å². The van der Waals surface area contributed by atoms with E-state index >= 15 is 0 Å². The number of hydrogen-bond acceptors (Lipinski definition) is 3. The van der Waals surface area contributed by atoms with Gasteiger partial charge < -0.3 is 9.80 Å². The normalized spacial score (nSPS) is 14.4. The highest BCUT2D eigenvalue weighted by Crippen LogP contribution is 2.26. The average molecular weight is 415 g/mol. The topological polar surface area (TPSA) is 41.4 Å². The highest BCUT2D eigenvalue weighted by atomic mass is 35.5. The Hall–Kier alpha value is -2.50. The maximum absolute atomic E-state index is 13.1. The van der Waals surface area contributed by atoms with Gasteiger partial charge in [0.15, 0.2) is 0 Å². The van der Waals surface area contributed by atoms with Crippen molar-refractivity contribution in [2.75, 3.05) is 31.1 Å². The van der Waals surface area contributed by atoms with Gasteiger partial charge in [0.25, 0.3) is 5.91 Å². The third kappa shape index (κ3) is 3.60. The molecule has 1 aromatic heterocycles. The summed E-state index contributed by atoms with van der Waals surface area (Å²) in [5.41, 5.74) is 3.02. The van der Waals surface area contributed by atoms with E-state index in [2.05, 4.69) is 10.00 Å². The fourth-order valence-electron chi connectivity index (χ4n) is 3.48. The summed E-state index contributed by atoms with van der Waals surface area (Å²) in [7, 11) is 0. The summed E-state index contributed by atoms with van der Waals surface area (Å²) in [4.78, 5) is 17.2. The van der Waals surface area contributed by atoms with Crippen LogP contribution in [0.1, 0.15) is 16.1 Å². The molecule has 0 unspecified atom stereocenters. The molecule has 0 N–H and O–H groups in total. The molecule has 0 atom stereocenters. The second kappa shape index (κ2) is 7.86. The lowest BCUT2D eigenvalue weighted by Crippen LogP contribution is -2.49. The number of piperazine rings is 1. The third-order valence-electron chi connectivity index (χ3n) is 4.96. The molecule has 7 heteroatoms. The van der Waals surface area contributed by atoms with Crippen LogP contribution in [0.2, 0.25) is 10.2 Å². The molecule has 1 amide bonds. The zero-order chi connectivity index (χ0) is 19.7. The number of carbonyl (C=O) groups excluding carboxylic acids is 1. The minimum atomic E-state index is -0.0737. The molecule has 1 fully saturated rings. The molecule has 0 radical (unpaired) electrons. The summed E-state index contributed by atoms with van der Waals surface area (Å²) < 4.78 is 1.62. The molecule has 0 spiro atoms. The minimum absolute atomic E-state index is 0.0737. The molecule has 2 heterocycles. The number of carbonyl (C=O) groups is 1. The predicted molar refractivity (Wildman–Crippen MR) is 113 cm³/mol. The van der Waals surface area contributed by atoms with E-state index in [-0.39, 0.29) is 5.91 Å². The van der Waals surface area contributed by atoms with E-state index in [0.29, 0.717) is 34.5 Å². The van der Waals surface area contributed by atoms with Crippen LogP contribution >= 0.6 is 23.2 Å². The SMILES string of the molecule is Cc1nn(-c2ccccc2)c(Cl)c1C(=O)N1CCN(c2cccc(Cl)c2)CC1. The zero-order valence-corrected chi connectivity index (χ0v) is 17.0. The van der Waals surface area contributed by atoms with Crippen molar-refractivity contribution in [1.82, 2.24) is 14.7 Å². The van der Waals surface area contributed by atoms with Gasteiger partial charge in [0.1, 0.15) is 5.15 Å². The van der Waals surface area contributed by atoms with Gasteiger partial charge in [-0.1, -0.05) is 47.5 Å². The van der Waals surface area contributed by atoms with E-state index in [1.165, 1.54) is 0 Å². The minimum Gasteiger partial charge on any atom is -0.368 e. The lowest BCUT2D eigenvalue weighted by molar-refractivity contribution is 0.0746. The number of nitrogens with zero attached hydrogens (tertiary/aromatic N) is 4. The number of benzene rings is 2. The molecule has 3 aromatic rings. The molecular formula is C21H20Cl2N4O. The Morgan fingerprint density at radius 2 is 1.61 bits per heavy atom. The quantitative estimate of drug-likeness (QED) is 0.635. The lowest BCUT2D eigenvalue weighted by Gasteiger charge is -2.36. The van der Waals surface area contributed by atoms with Crippen LogP contribution in [0.3, 0.4) is 0 Å². The summed E-state index contributed by atoms with van der Waals surface area (Å²) in [5, 5.41) is 5.55. The summed E-state index contributed by atoms with van der Waals surface area (Å²) in [6, 6.07) is 17.4. The monoisotopic (exact) mass is 414 g/mol. The van der Waals surface area contributed by atoms with Gasteiger partial charge in [0.2, 0.25) is 0 Å². The molecule has 28 heavy (non-hydrogen) atoms. The smallest absolute Gasteiger partial charge is 0.259 e. The maximum Gasteiger partial charge on any atom is 0.259 e. The molecule has 5 nitrogen and oxygen atoms in total. The third-order valence-corrected chi connectivity index (χ3v) is 5.54. The van der Waals surface area contributed by atoms with Gasteiger partial charge in [0, 0.05) is 36.9 Å². The molecule has 4 rings (SSSR count). The first kappa shape index (κ1) is 18.8. The number of amides is 1. The van der Waals surface area contributed by atoms with Crippen molar-refractivity contribution >= 4 is 34.8 Å². The molecule has 1 aliphatic rings.